The van der Waals surface area contributed by atoms with Gasteiger partial charge in [-0.25, -0.2) is 9.97 Å². The number of amides is 2. The number of imidazole rings is 1. The predicted octanol–water partition coefficient (Wildman–Crippen LogP) is 3.22. The number of carbonyl (C=O) groups is 2. The summed E-state index contributed by atoms with van der Waals surface area (Å²) >= 11 is 0. The molecular weight excluding hydrogens is 418 g/mol. The molecule has 5 rings (SSSR count). The van der Waals surface area contributed by atoms with Gasteiger partial charge in [-0.15, -0.1) is 0 Å². The Kier molecular flexibility index (Phi) is 5.98. The number of pyridine rings is 1. The summed E-state index contributed by atoms with van der Waals surface area (Å²) in [6.07, 6.45) is 5.34. The van der Waals surface area contributed by atoms with E-state index in [1.807, 2.05) is 21.9 Å². The lowest BCUT2D eigenvalue weighted by Gasteiger charge is -2.38. The number of benzene rings is 1. The zero-order chi connectivity index (χ0) is 22.8. The van der Waals surface area contributed by atoms with Crippen LogP contribution in [0.5, 0.6) is 5.75 Å². The van der Waals surface area contributed by atoms with Gasteiger partial charge in [0.05, 0.1) is 18.5 Å². The van der Waals surface area contributed by atoms with Gasteiger partial charge in [0.15, 0.2) is 5.65 Å². The summed E-state index contributed by atoms with van der Waals surface area (Å²) in [6, 6.07) is 11.0. The van der Waals surface area contributed by atoms with E-state index in [0.717, 1.165) is 55.0 Å². The van der Waals surface area contributed by atoms with Crippen molar-refractivity contribution in [3.8, 4) is 5.75 Å². The number of H-pyrrole nitrogens is 1. The van der Waals surface area contributed by atoms with Gasteiger partial charge in [0, 0.05) is 43.9 Å². The Labute approximate surface area is 193 Å². The third kappa shape index (κ3) is 4.42. The molecule has 2 saturated heterocycles. The summed E-state index contributed by atoms with van der Waals surface area (Å²) in [7, 11) is 1.61. The van der Waals surface area contributed by atoms with Gasteiger partial charge in [-0.2, -0.15) is 0 Å². The van der Waals surface area contributed by atoms with Crippen molar-refractivity contribution < 1.29 is 14.3 Å². The van der Waals surface area contributed by atoms with E-state index in [1.165, 1.54) is 0 Å². The molecule has 8 nitrogen and oxygen atoms in total. The van der Waals surface area contributed by atoms with Gasteiger partial charge >= 0.3 is 0 Å². The van der Waals surface area contributed by atoms with E-state index < -0.39 is 0 Å². The van der Waals surface area contributed by atoms with Crippen molar-refractivity contribution in [2.24, 2.45) is 5.92 Å². The summed E-state index contributed by atoms with van der Waals surface area (Å²) in [5.74, 6) is 1.77. The number of likely N-dealkylation sites (tertiary alicyclic amines) is 2. The maximum absolute atomic E-state index is 13.4. The molecule has 3 aromatic rings. The van der Waals surface area contributed by atoms with E-state index in [1.54, 1.807) is 37.6 Å². The lowest BCUT2D eigenvalue weighted by molar-refractivity contribution is -0.138. The van der Waals surface area contributed by atoms with E-state index in [2.05, 4.69) is 15.0 Å². The first-order valence-electron chi connectivity index (χ1n) is 11.6. The summed E-state index contributed by atoms with van der Waals surface area (Å²) in [5, 5.41) is 0. The van der Waals surface area contributed by atoms with E-state index in [0.29, 0.717) is 25.2 Å². The number of nitrogens with one attached hydrogen (secondary N) is 1. The van der Waals surface area contributed by atoms with Gasteiger partial charge in [-0.1, -0.05) is 0 Å². The number of ether oxygens (including phenoxy) is 1. The number of piperidine rings is 2. The average Bonchev–Trinajstić information content (AvgIpc) is 3.32. The molecule has 2 fully saturated rings. The highest BCUT2D eigenvalue weighted by Gasteiger charge is 2.34. The third-order valence-corrected chi connectivity index (χ3v) is 6.79. The van der Waals surface area contributed by atoms with Crippen LogP contribution >= 0.6 is 0 Å². The minimum absolute atomic E-state index is 0.0264. The quantitative estimate of drug-likeness (QED) is 0.663. The van der Waals surface area contributed by atoms with Gasteiger partial charge in [-0.05, 0) is 62.1 Å². The Morgan fingerprint density at radius 1 is 1.03 bits per heavy atom. The average molecular weight is 448 g/mol. The Balaban J connectivity index is 1.24. The summed E-state index contributed by atoms with van der Waals surface area (Å²) in [5.41, 5.74) is 2.27. The number of fused-ring (bicyclic) bond motifs is 1. The number of carbonyl (C=O) groups excluding carboxylic acids is 2. The molecular formula is C25H29N5O3. The number of aromatic amines is 1. The molecule has 1 N–H and O–H groups in total. The van der Waals surface area contributed by atoms with Crippen molar-refractivity contribution in [3.63, 3.8) is 0 Å². The van der Waals surface area contributed by atoms with Gasteiger partial charge in [0.25, 0.3) is 5.91 Å². The molecule has 2 amide bonds. The van der Waals surface area contributed by atoms with Gasteiger partial charge in [0.1, 0.15) is 11.6 Å². The first-order chi connectivity index (χ1) is 16.1. The zero-order valence-corrected chi connectivity index (χ0v) is 18.9. The van der Waals surface area contributed by atoms with Crippen LogP contribution in [0.2, 0.25) is 0 Å². The molecule has 0 bridgehead atoms. The second kappa shape index (κ2) is 9.21. The normalized spacial score (nSPS) is 21.2. The second-order valence-electron chi connectivity index (χ2n) is 8.94. The van der Waals surface area contributed by atoms with Crippen molar-refractivity contribution in [3.05, 3.63) is 54.0 Å². The van der Waals surface area contributed by atoms with Crippen LogP contribution in [-0.2, 0) is 4.79 Å². The van der Waals surface area contributed by atoms with Crippen molar-refractivity contribution in [1.82, 2.24) is 24.8 Å². The molecule has 2 aliphatic heterocycles. The second-order valence-corrected chi connectivity index (χ2v) is 8.94. The fraction of sp³-hybridized carbons (Fsp3) is 0.440. The monoisotopic (exact) mass is 447 g/mol. The van der Waals surface area contributed by atoms with Gasteiger partial charge in [0.2, 0.25) is 5.91 Å². The molecule has 4 heterocycles. The Hall–Kier alpha value is -3.42. The molecule has 0 radical (unpaired) electrons. The van der Waals surface area contributed by atoms with Crippen LogP contribution in [0.15, 0.2) is 42.6 Å². The van der Waals surface area contributed by atoms with E-state index in [-0.39, 0.29) is 23.7 Å². The SMILES string of the molecule is COc1ccc(C(=O)N2CCCC(C(=O)N3CCCC(c4nc5ncccc5[nH]4)C3)C2)cc1. The van der Waals surface area contributed by atoms with E-state index >= 15 is 0 Å². The highest BCUT2D eigenvalue weighted by Crippen LogP contribution is 2.29. The van der Waals surface area contributed by atoms with Gasteiger partial charge < -0.3 is 19.5 Å². The predicted molar refractivity (Wildman–Crippen MR) is 124 cm³/mol. The molecule has 8 heteroatoms. The molecule has 33 heavy (non-hydrogen) atoms. The van der Waals surface area contributed by atoms with Crippen LogP contribution < -0.4 is 4.74 Å². The zero-order valence-electron chi connectivity index (χ0n) is 18.9. The van der Waals surface area contributed by atoms with Crippen LogP contribution in [0.4, 0.5) is 0 Å². The molecule has 172 valence electrons. The highest BCUT2D eigenvalue weighted by atomic mass is 16.5. The first kappa shape index (κ1) is 21.4. The lowest BCUT2D eigenvalue weighted by atomic mass is 9.92. The fourth-order valence-corrected chi connectivity index (χ4v) is 5.00. The largest absolute Gasteiger partial charge is 0.497 e. The number of methoxy groups -OCH3 is 1. The third-order valence-electron chi connectivity index (χ3n) is 6.79. The minimum Gasteiger partial charge on any atom is -0.497 e. The molecule has 0 spiro atoms. The van der Waals surface area contributed by atoms with Crippen LogP contribution in [0, 0.1) is 5.92 Å². The van der Waals surface area contributed by atoms with Crippen LogP contribution in [0.1, 0.15) is 47.8 Å². The van der Waals surface area contributed by atoms with Crippen LogP contribution in [0.25, 0.3) is 11.2 Å². The summed E-state index contributed by atoms with van der Waals surface area (Å²) in [6.45, 7) is 2.57. The molecule has 2 aliphatic rings. The summed E-state index contributed by atoms with van der Waals surface area (Å²) in [4.78, 5) is 42.6. The Morgan fingerprint density at radius 2 is 1.82 bits per heavy atom. The van der Waals surface area contributed by atoms with Crippen molar-refractivity contribution in [1.29, 1.82) is 0 Å². The number of nitrogens with zero attached hydrogens (tertiary/aromatic N) is 4. The maximum Gasteiger partial charge on any atom is 0.253 e. The lowest BCUT2D eigenvalue weighted by Crippen LogP contribution is -2.49. The van der Waals surface area contributed by atoms with Crippen molar-refractivity contribution in [2.75, 3.05) is 33.3 Å². The number of hydrogen-bond donors (Lipinski definition) is 1. The van der Waals surface area contributed by atoms with Crippen molar-refractivity contribution >= 4 is 23.0 Å². The highest BCUT2D eigenvalue weighted by molar-refractivity contribution is 5.95. The molecule has 2 unspecified atom stereocenters. The van der Waals surface area contributed by atoms with Crippen LogP contribution in [-0.4, -0.2) is 69.9 Å². The molecule has 1 aromatic carbocycles. The topological polar surface area (TPSA) is 91.4 Å². The maximum atomic E-state index is 13.4. The van der Waals surface area contributed by atoms with E-state index in [4.69, 9.17) is 4.74 Å². The number of hydrogen-bond acceptors (Lipinski definition) is 5. The molecule has 0 saturated carbocycles. The molecule has 0 aliphatic carbocycles. The minimum atomic E-state index is -0.156. The Morgan fingerprint density at radius 3 is 2.61 bits per heavy atom. The fourth-order valence-electron chi connectivity index (χ4n) is 5.00. The van der Waals surface area contributed by atoms with Crippen LogP contribution in [0.3, 0.4) is 0 Å². The van der Waals surface area contributed by atoms with E-state index in [9.17, 15) is 9.59 Å². The first-order valence-corrected chi connectivity index (χ1v) is 11.6. The number of rotatable bonds is 4. The number of aromatic nitrogens is 3. The molecule has 2 atom stereocenters. The summed E-state index contributed by atoms with van der Waals surface area (Å²) < 4.78 is 5.18. The van der Waals surface area contributed by atoms with Gasteiger partial charge in [-0.3, -0.25) is 9.59 Å². The molecule has 2 aromatic heterocycles. The smallest absolute Gasteiger partial charge is 0.253 e. The standard InChI is InChI=1S/C25H29N5O3/c1-33-20-10-8-17(9-11-20)24(31)30-14-4-6-19(16-30)25(32)29-13-3-5-18(15-29)22-27-21-7-2-12-26-23(21)28-22/h2,7-12,18-19H,3-6,13-16H2,1H3,(H,26,27,28). The van der Waals surface area contributed by atoms with Crippen molar-refractivity contribution in [2.45, 2.75) is 31.6 Å². The Bertz CT molecular complexity index is 1110.